The largest absolute Gasteiger partial charge is 0.468 e. The summed E-state index contributed by atoms with van der Waals surface area (Å²) < 4.78 is 10.9. The van der Waals surface area contributed by atoms with Crippen molar-refractivity contribution in [3.8, 4) is 0 Å². The number of carbonyl (C=O) groups excluding carboxylic acids is 1. The number of esters is 1. The van der Waals surface area contributed by atoms with Crippen molar-refractivity contribution in [1.29, 1.82) is 0 Å². The van der Waals surface area contributed by atoms with Gasteiger partial charge in [0.2, 0.25) is 0 Å². The van der Waals surface area contributed by atoms with E-state index in [-0.39, 0.29) is 23.2 Å². The third-order valence-electron chi connectivity index (χ3n) is 3.43. The van der Waals surface area contributed by atoms with Gasteiger partial charge in [-0.25, -0.2) is 0 Å². The number of likely N-dealkylation sites (N-methyl/N-ethyl adjacent to an activating group) is 1. The van der Waals surface area contributed by atoms with Crippen LogP contribution in [0.3, 0.4) is 0 Å². The van der Waals surface area contributed by atoms with E-state index in [2.05, 4.69) is 37.9 Å². The quantitative estimate of drug-likeness (QED) is 0.748. The van der Waals surface area contributed by atoms with Crippen molar-refractivity contribution in [2.24, 2.45) is 0 Å². The van der Waals surface area contributed by atoms with Crippen LogP contribution in [0.4, 0.5) is 0 Å². The smallest absolute Gasteiger partial charge is 0.322 e. The summed E-state index contributed by atoms with van der Waals surface area (Å²) in [6.45, 7) is 13.9. The molecular weight excluding hydrogens is 256 g/mol. The second-order valence-electron chi connectivity index (χ2n) is 6.75. The molecule has 118 valence electrons. The molecule has 0 aromatic heterocycles. The van der Waals surface area contributed by atoms with E-state index in [1.165, 1.54) is 7.11 Å². The zero-order chi connectivity index (χ0) is 15.4. The van der Waals surface area contributed by atoms with Crippen LogP contribution in [-0.4, -0.2) is 61.4 Å². The van der Waals surface area contributed by atoms with E-state index >= 15 is 0 Å². The number of hydrogen-bond donors (Lipinski definition) is 1. The van der Waals surface area contributed by atoms with Crippen molar-refractivity contribution in [1.82, 2.24) is 10.2 Å². The SMILES string of the molecule is CCNC(CCN1CC(C)(C)OC(C)(C)C1)C(=O)OC. The highest BCUT2D eigenvalue weighted by molar-refractivity contribution is 5.75. The third-order valence-corrected chi connectivity index (χ3v) is 3.43. The van der Waals surface area contributed by atoms with E-state index in [4.69, 9.17) is 9.47 Å². The summed E-state index contributed by atoms with van der Waals surface area (Å²) in [4.78, 5) is 14.1. The molecule has 0 aromatic carbocycles. The number of morpholine rings is 1. The van der Waals surface area contributed by atoms with Gasteiger partial charge in [-0.2, -0.15) is 0 Å². The lowest BCUT2D eigenvalue weighted by molar-refractivity contribution is -0.180. The fraction of sp³-hybridized carbons (Fsp3) is 0.933. The maximum absolute atomic E-state index is 11.7. The fourth-order valence-corrected chi connectivity index (χ4v) is 3.11. The predicted octanol–water partition coefficient (Wildman–Crippen LogP) is 1.42. The van der Waals surface area contributed by atoms with Gasteiger partial charge in [0.1, 0.15) is 6.04 Å². The molecular formula is C15H30N2O3. The first-order chi connectivity index (χ1) is 9.19. The first-order valence-corrected chi connectivity index (χ1v) is 7.43. The van der Waals surface area contributed by atoms with Crippen LogP contribution in [0.15, 0.2) is 0 Å². The van der Waals surface area contributed by atoms with Gasteiger partial charge in [0.25, 0.3) is 0 Å². The Bertz CT molecular complexity index is 313. The Morgan fingerprint density at radius 3 is 2.30 bits per heavy atom. The number of rotatable bonds is 6. The average Bonchev–Trinajstić information content (AvgIpc) is 2.29. The number of nitrogens with one attached hydrogen (secondary N) is 1. The van der Waals surface area contributed by atoms with Crippen molar-refractivity contribution in [3.05, 3.63) is 0 Å². The van der Waals surface area contributed by atoms with Crippen molar-refractivity contribution in [2.75, 3.05) is 33.3 Å². The van der Waals surface area contributed by atoms with Crippen LogP contribution in [-0.2, 0) is 14.3 Å². The highest BCUT2D eigenvalue weighted by Gasteiger charge is 2.38. The van der Waals surface area contributed by atoms with Gasteiger partial charge in [0.15, 0.2) is 0 Å². The van der Waals surface area contributed by atoms with Crippen molar-refractivity contribution < 1.29 is 14.3 Å². The van der Waals surface area contributed by atoms with Crippen LogP contribution >= 0.6 is 0 Å². The molecule has 0 amide bonds. The summed E-state index contributed by atoms with van der Waals surface area (Å²) in [7, 11) is 1.44. The molecule has 0 aromatic rings. The first kappa shape index (κ1) is 17.4. The Balaban J connectivity index is 2.56. The van der Waals surface area contributed by atoms with Crippen molar-refractivity contribution in [3.63, 3.8) is 0 Å². The van der Waals surface area contributed by atoms with E-state index in [9.17, 15) is 4.79 Å². The Hall–Kier alpha value is -0.650. The summed E-state index contributed by atoms with van der Waals surface area (Å²) in [5, 5.41) is 3.18. The van der Waals surface area contributed by atoms with E-state index < -0.39 is 0 Å². The molecule has 1 aliphatic heterocycles. The summed E-state index contributed by atoms with van der Waals surface area (Å²) in [6, 6.07) is -0.223. The normalized spacial score (nSPS) is 23.3. The van der Waals surface area contributed by atoms with Gasteiger partial charge in [0, 0.05) is 19.6 Å². The molecule has 5 heteroatoms. The van der Waals surface area contributed by atoms with Gasteiger partial charge in [-0.15, -0.1) is 0 Å². The molecule has 1 saturated heterocycles. The van der Waals surface area contributed by atoms with Crippen LogP contribution < -0.4 is 5.32 Å². The zero-order valence-electron chi connectivity index (χ0n) is 13.8. The number of nitrogens with zero attached hydrogens (tertiary/aromatic N) is 1. The molecule has 1 aliphatic rings. The van der Waals surface area contributed by atoms with Gasteiger partial charge in [-0.05, 0) is 40.7 Å². The second-order valence-corrected chi connectivity index (χ2v) is 6.75. The minimum atomic E-state index is -0.223. The Morgan fingerprint density at radius 2 is 1.85 bits per heavy atom. The molecule has 1 heterocycles. The van der Waals surface area contributed by atoms with E-state index in [0.29, 0.717) is 0 Å². The number of hydrogen-bond acceptors (Lipinski definition) is 5. The number of methoxy groups -OCH3 is 1. The maximum atomic E-state index is 11.7. The lowest BCUT2D eigenvalue weighted by atomic mass is 9.98. The van der Waals surface area contributed by atoms with Crippen LogP contribution in [0.1, 0.15) is 41.0 Å². The van der Waals surface area contributed by atoms with Gasteiger partial charge < -0.3 is 14.8 Å². The van der Waals surface area contributed by atoms with Gasteiger partial charge >= 0.3 is 5.97 Å². The Labute approximate surface area is 123 Å². The van der Waals surface area contributed by atoms with Gasteiger partial charge in [-0.3, -0.25) is 9.69 Å². The molecule has 0 spiro atoms. The van der Waals surface area contributed by atoms with Gasteiger partial charge in [-0.1, -0.05) is 6.92 Å². The molecule has 0 bridgehead atoms. The highest BCUT2D eigenvalue weighted by Crippen LogP contribution is 2.28. The highest BCUT2D eigenvalue weighted by atomic mass is 16.5. The minimum Gasteiger partial charge on any atom is -0.468 e. The summed E-state index contributed by atoms with van der Waals surface area (Å²) in [6.07, 6.45) is 0.757. The lowest BCUT2D eigenvalue weighted by Crippen LogP contribution is -2.57. The molecule has 1 rings (SSSR count). The molecule has 1 N–H and O–H groups in total. The van der Waals surface area contributed by atoms with Crippen molar-refractivity contribution in [2.45, 2.75) is 58.3 Å². The van der Waals surface area contributed by atoms with Crippen molar-refractivity contribution >= 4 is 5.97 Å². The monoisotopic (exact) mass is 286 g/mol. The molecule has 1 unspecified atom stereocenters. The Kier molecular flexibility index (Phi) is 5.98. The molecule has 1 fully saturated rings. The second kappa shape index (κ2) is 6.87. The van der Waals surface area contributed by atoms with E-state index in [0.717, 1.165) is 32.6 Å². The summed E-state index contributed by atoms with van der Waals surface area (Å²) in [5.74, 6) is -0.182. The fourth-order valence-electron chi connectivity index (χ4n) is 3.11. The molecule has 0 aliphatic carbocycles. The standard InChI is InChI=1S/C15H30N2O3/c1-7-16-12(13(18)19-6)8-9-17-10-14(2,3)20-15(4,5)11-17/h12,16H,7-11H2,1-6H3. The molecule has 20 heavy (non-hydrogen) atoms. The van der Waals surface area contributed by atoms with Crippen LogP contribution in [0, 0.1) is 0 Å². The first-order valence-electron chi connectivity index (χ1n) is 7.43. The topological polar surface area (TPSA) is 50.8 Å². The molecule has 0 saturated carbocycles. The lowest BCUT2D eigenvalue weighted by Gasteiger charge is -2.47. The average molecular weight is 286 g/mol. The molecule has 5 nitrogen and oxygen atoms in total. The summed E-state index contributed by atoms with van der Waals surface area (Å²) >= 11 is 0. The minimum absolute atomic E-state index is 0.152. The molecule has 1 atom stereocenters. The van der Waals surface area contributed by atoms with E-state index in [1.54, 1.807) is 0 Å². The number of ether oxygens (including phenoxy) is 2. The molecule has 0 radical (unpaired) electrons. The predicted molar refractivity (Wildman–Crippen MR) is 79.8 cm³/mol. The zero-order valence-corrected chi connectivity index (χ0v) is 13.8. The summed E-state index contributed by atoms with van der Waals surface area (Å²) in [5.41, 5.74) is -0.304. The van der Waals surface area contributed by atoms with Crippen LogP contribution in [0.25, 0.3) is 0 Å². The van der Waals surface area contributed by atoms with Gasteiger partial charge in [0.05, 0.1) is 18.3 Å². The Morgan fingerprint density at radius 1 is 1.30 bits per heavy atom. The van der Waals surface area contributed by atoms with Crippen LogP contribution in [0.2, 0.25) is 0 Å². The van der Waals surface area contributed by atoms with E-state index in [1.807, 2.05) is 6.92 Å². The number of carbonyl (C=O) groups is 1. The maximum Gasteiger partial charge on any atom is 0.322 e. The van der Waals surface area contributed by atoms with Crippen LogP contribution in [0.5, 0.6) is 0 Å². The third kappa shape index (κ3) is 5.38.